The van der Waals surface area contributed by atoms with Crippen LogP contribution in [0.5, 0.6) is 0 Å². The molecule has 8 heteroatoms. The van der Waals surface area contributed by atoms with Crippen molar-refractivity contribution in [1.82, 2.24) is 14.8 Å². The second-order valence-corrected chi connectivity index (χ2v) is 7.28. The van der Waals surface area contributed by atoms with E-state index in [1.807, 2.05) is 25.1 Å². The lowest BCUT2D eigenvalue weighted by Crippen LogP contribution is -2.12. The number of aliphatic hydroxyl groups excluding tert-OH is 1. The van der Waals surface area contributed by atoms with E-state index >= 15 is 0 Å². The minimum atomic E-state index is -3.75. The maximum atomic E-state index is 11.4. The molecule has 0 saturated heterocycles. The topological polar surface area (TPSA) is 111 Å². The van der Waals surface area contributed by atoms with Gasteiger partial charge in [-0.05, 0) is 36.8 Å². The van der Waals surface area contributed by atoms with E-state index in [0.29, 0.717) is 23.8 Å². The third-order valence-electron chi connectivity index (χ3n) is 3.71. The Hall–Kier alpha value is -2.55. The van der Waals surface area contributed by atoms with Crippen LogP contribution >= 0.6 is 0 Å². The van der Waals surface area contributed by atoms with E-state index in [2.05, 4.69) is 16.1 Å². The third kappa shape index (κ3) is 3.93. The molecule has 0 aliphatic heterocycles. The van der Waals surface area contributed by atoms with Crippen molar-refractivity contribution in [1.29, 1.82) is 0 Å². The molecular formula is C17H18N4O3S. The highest BCUT2D eigenvalue weighted by molar-refractivity contribution is 7.89. The van der Waals surface area contributed by atoms with E-state index in [9.17, 15) is 13.5 Å². The lowest BCUT2D eigenvalue weighted by atomic mass is 10.1. The van der Waals surface area contributed by atoms with Gasteiger partial charge in [-0.15, -0.1) is 5.10 Å². The molecule has 0 aliphatic carbocycles. The number of nitrogens with zero attached hydrogens (tertiary/aromatic N) is 3. The number of aryl methyl sites for hydroxylation is 1. The number of nitrogens with two attached hydrogens (primary N) is 1. The van der Waals surface area contributed by atoms with E-state index < -0.39 is 10.0 Å². The zero-order valence-electron chi connectivity index (χ0n) is 13.6. The maximum Gasteiger partial charge on any atom is 0.238 e. The minimum Gasteiger partial charge on any atom is -0.388 e. The van der Waals surface area contributed by atoms with Crippen molar-refractivity contribution in [2.45, 2.75) is 24.8 Å². The monoisotopic (exact) mass is 358 g/mol. The first-order valence-corrected chi connectivity index (χ1v) is 9.16. The van der Waals surface area contributed by atoms with Crippen molar-refractivity contribution in [3.8, 4) is 5.69 Å². The molecule has 2 aromatic carbocycles. The molecule has 0 fully saturated rings. The smallest absolute Gasteiger partial charge is 0.238 e. The highest BCUT2D eigenvalue weighted by Crippen LogP contribution is 2.17. The average molecular weight is 358 g/mol. The SMILES string of the molecule is Cc1cccc(Cc2nc(CO)nn2-c2ccc(S(N)(=O)=O)cc2)c1. The van der Waals surface area contributed by atoms with Gasteiger partial charge >= 0.3 is 0 Å². The van der Waals surface area contributed by atoms with Crippen molar-refractivity contribution >= 4 is 10.0 Å². The molecule has 0 radical (unpaired) electrons. The van der Waals surface area contributed by atoms with E-state index in [1.54, 1.807) is 16.8 Å². The Labute approximate surface area is 145 Å². The fourth-order valence-corrected chi connectivity index (χ4v) is 3.08. The van der Waals surface area contributed by atoms with Crippen LogP contribution in [0.4, 0.5) is 0 Å². The number of aliphatic hydroxyl groups is 1. The molecule has 1 heterocycles. The number of primary sulfonamides is 1. The largest absolute Gasteiger partial charge is 0.388 e. The van der Waals surface area contributed by atoms with Crippen LogP contribution < -0.4 is 5.14 Å². The van der Waals surface area contributed by atoms with Crippen LogP contribution in [0, 0.1) is 6.92 Å². The third-order valence-corrected chi connectivity index (χ3v) is 4.64. The van der Waals surface area contributed by atoms with Crippen LogP contribution in [0.2, 0.25) is 0 Å². The number of benzene rings is 2. The number of rotatable bonds is 5. The summed E-state index contributed by atoms with van der Waals surface area (Å²) in [5.74, 6) is 0.955. The van der Waals surface area contributed by atoms with Gasteiger partial charge in [0.25, 0.3) is 0 Å². The molecule has 0 aliphatic rings. The normalized spacial score (nSPS) is 11.6. The summed E-state index contributed by atoms with van der Waals surface area (Å²) in [6.45, 7) is 1.74. The average Bonchev–Trinajstić information content (AvgIpc) is 2.97. The van der Waals surface area contributed by atoms with E-state index in [4.69, 9.17) is 5.14 Å². The first kappa shape index (κ1) is 17.3. The molecule has 3 N–H and O–H groups in total. The van der Waals surface area contributed by atoms with Crippen LogP contribution in [0.3, 0.4) is 0 Å². The van der Waals surface area contributed by atoms with Gasteiger partial charge in [-0.25, -0.2) is 23.2 Å². The molecule has 3 rings (SSSR count). The summed E-state index contributed by atoms with van der Waals surface area (Å²) >= 11 is 0. The van der Waals surface area contributed by atoms with Gasteiger partial charge < -0.3 is 5.11 Å². The lowest BCUT2D eigenvalue weighted by molar-refractivity contribution is 0.271. The van der Waals surface area contributed by atoms with Crippen molar-refractivity contribution in [2.75, 3.05) is 0 Å². The van der Waals surface area contributed by atoms with Gasteiger partial charge in [-0.3, -0.25) is 0 Å². The lowest BCUT2D eigenvalue weighted by Gasteiger charge is -2.07. The van der Waals surface area contributed by atoms with Gasteiger partial charge in [0.15, 0.2) is 5.82 Å². The van der Waals surface area contributed by atoms with Crippen LogP contribution in [0.25, 0.3) is 5.69 Å². The molecule has 0 bridgehead atoms. The number of sulfonamides is 1. The highest BCUT2D eigenvalue weighted by Gasteiger charge is 2.13. The van der Waals surface area contributed by atoms with Crippen molar-refractivity contribution in [3.63, 3.8) is 0 Å². The zero-order valence-corrected chi connectivity index (χ0v) is 14.4. The van der Waals surface area contributed by atoms with Gasteiger partial charge in [-0.1, -0.05) is 29.8 Å². The Kier molecular flexibility index (Phi) is 4.67. The van der Waals surface area contributed by atoms with Gasteiger partial charge in [0.05, 0.1) is 10.6 Å². The highest BCUT2D eigenvalue weighted by atomic mass is 32.2. The Bertz CT molecular complexity index is 995. The Morgan fingerprint density at radius 1 is 1.16 bits per heavy atom. The quantitative estimate of drug-likeness (QED) is 0.714. The summed E-state index contributed by atoms with van der Waals surface area (Å²) in [6, 6.07) is 14.1. The fraction of sp³-hybridized carbons (Fsp3) is 0.176. The zero-order chi connectivity index (χ0) is 18.0. The summed E-state index contributed by atoms with van der Waals surface area (Å²) in [5, 5.41) is 18.8. The molecule has 7 nitrogen and oxygen atoms in total. The van der Waals surface area contributed by atoms with E-state index in [1.165, 1.54) is 12.1 Å². The Balaban J connectivity index is 1.99. The summed E-state index contributed by atoms with van der Waals surface area (Å²) in [4.78, 5) is 4.39. The van der Waals surface area contributed by atoms with Crippen molar-refractivity contribution in [3.05, 3.63) is 71.3 Å². The Morgan fingerprint density at radius 3 is 2.48 bits per heavy atom. The van der Waals surface area contributed by atoms with E-state index in [0.717, 1.165) is 11.1 Å². The van der Waals surface area contributed by atoms with Gasteiger partial charge in [0.2, 0.25) is 10.0 Å². The molecule has 0 saturated carbocycles. The second-order valence-electron chi connectivity index (χ2n) is 5.72. The number of hydrogen-bond acceptors (Lipinski definition) is 5. The molecule has 25 heavy (non-hydrogen) atoms. The summed E-state index contributed by atoms with van der Waals surface area (Å²) < 4.78 is 24.4. The first-order valence-electron chi connectivity index (χ1n) is 7.61. The number of aromatic nitrogens is 3. The van der Waals surface area contributed by atoms with Crippen molar-refractivity contribution in [2.24, 2.45) is 5.14 Å². The predicted octanol–water partition coefficient (Wildman–Crippen LogP) is 1.31. The van der Waals surface area contributed by atoms with E-state index in [-0.39, 0.29) is 11.5 Å². The van der Waals surface area contributed by atoms with Crippen LogP contribution in [0.15, 0.2) is 53.4 Å². The molecule has 0 unspecified atom stereocenters. The first-order chi connectivity index (χ1) is 11.9. The van der Waals surface area contributed by atoms with Crippen LogP contribution in [-0.4, -0.2) is 28.3 Å². The molecular weight excluding hydrogens is 340 g/mol. The summed E-state index contributed by atoms with van der Waals surface area (Å²) in [5.41, 5.74) is 2.85. The van der Waals surface area contributed by atoms with Crippen LogP contribution in [-0.2, 0) is 23.1 Å². The summed E-state index contributed by atoms with van der Waals surface area (Å²) in [7, 11) is -3.75. The Morgan fingerprint density at radius 2 is 1.88 bits per heavy atom. The molecule has 0 atom stereocenters. The molecule has 0 amide bonds. The molecule has 130 valence electrons. The van der Waals surface area contributed by atoms with Crippen molar-refractivity contribution < 1.29 is 13.5 Å². The minimum absolute atomic E-state index is 0.0268. The maximum absolute atomic E-state index is 11.4. The summed E-state index contributed by atoms with van der Waals surface area (Å²) in [6.07, 6.45) is 0.533. The van der Waals surface area contributed by atoms with Gasteiger partial charge in [0.1, 0.15) is 12.4 Å². The second kappa shape index (κ2) is 6.75. The predicted molar refractivity (Wildman–Crippen MR) is 92.6 cm³/mol. The standard InChI is InChI=1S/C17H18N4O3S/c1-12-3-2-4-13(9-12)10-17-19-16(11-22)20-21(17)14-5-7-15(8-6-14)25(18,23)24/h2-9,22H,10-11H2,1H3,(H2,18,23,24). The van der Waals surface area contributed by atoms with Gasteiger partial charge in [0, 0.05) is 6.42 Å². The number of hydrogen-bond donors (Lipinski definition) is 2. The van der Waals surface area contributed by atoms with Crippen LogP contribution in [0.1, 0.15) is 22.8 Å². The van der Waals surface area contributed by atoms with Gasteiger partial charge in [-0.2, -0.15) is 0 Å². The molecule has 0 spiro atoms. The molecule has 3 aromatic rings. The fourth-order valence-electron chi connectivity index (χ4n) is 2.56. The molecule has 1 aromatic heterocycles.